The molecule has 0 spiro atoms. The summed E-state index contributed by atoms with van der Waals surface area (Å²) in [5.41, 5.74) is 3.38. The lowest BCUT2D eigenvalue weighted by Crippen LogP contribution is -2.24. The van der Waals surface area contributed by atoms with E-state index in [1.54, 1.807) is 4.68 Å². The Balaban J connectivity index is 1.51. The van der Waals surface area contributed by atoms with E-state index in [0.717, 1.165) is 5.56 Å². The minimum atomic E-state index is -0.550. The van der Waals surface area contributed by atoms with Gasteiger partial charge in [0.05, 0.1) is 23.9 Å². The van der Waals surface area contributed by atoms with Crippen LogP contribution in [0.3, 0.4) is 0 Å². The van der Waals surface area contributed by atoms with E-state index in [-0.39, 0.29) is 23.4 Å². The van der Waals surface area contributed by atoms with Gasteiger partial charge in [-0.1, -0.05) is 46.6 Å². The molecule has 27 heavy (non-hydrogen) atoms. The van der Waals surface area contributed by atoms with Crippen LogP contribution in [0.1, 0.15) is 33.4 Å². The Hall–Kier alpha value is -2.77. The highest BCUT2D eigenvalue weighted by Crippen LogP contribution is 2.27. The number of halogens is 2. The molecule has 1 aromatic heterocycles. The molecule has 0 saturated carbocycles. The van der Waals surface area contributed by atoms with Gasteiger partial charge >= 0.3 is 0 Å². The van der Waals surface area contributed by atoms with Crippen LogP contribution >= 0.6 is 11.6 Å². The van der Waals surface area contributed by atoms with Crippen molar-refractivity contribution in [3.63, 3.8) is 0 Å². The average molecular weight is 387 g/mol. The fourth-order valence-corrected chi connectivity index (χ4v) is 3.12. The minimum absolute atomic E-state index is 0.0675. The summed E-state index contributed by atoms with van der Waals surface area (Å²) < 4.78 is 20.8. The van der Waals surface area contributed by atoms with Crippen molar-refractivity contribution in [3.8, 4) is 0 Å². The first-order valence-corrected chi connectivity index (χ1v) is 8.76. The number of fused-ring (bicyclic) bond motifs is 1. The molecule has 0 fully saturated rings. The Labute approximate surface area is 159 Å². The molecule has 6 nitrogen and oxygen atoms in total. The maximum atomic E-state index is 13.2. The highest BCUT2D eigenvalue weighted by molar-refractivity contribution is 6.31. The number of aryl methyl sites for hydroxylation is 1. The summed E-state index contributed by atoms with van der Waals surface area (Å²) in [5, 5.41) is 10.7. The Kier molecular flexibility index (Phi) is 4.63. The Bertz CT molecular complexity index is 1000. The van der Waals surface area contributed by atoms with Crippen LogP contribution in [-0.4, -0.2) is 20.9 Å². The van der Waals surface area contributed by atoms with Gasteiger partial charge in [0.1, 0.15) is 11.9 Å². The standard InChI is InChI=1S/C19H16ClFN4O2/c1-11-2-4-12(5-3-11)17-9-25-16(10-27-17)18(23-24-25)19(26)22-13-6-7-15(21)14(20)8-13/h2-8,17H,9-10H2,1H3,(H,22,26)/t17-/m1/s1. The zero-order chi connectivity index (χ0) is 19.0. The summed E-state index contributed by atoms with van der Waals surface area (Å²) in [6.07, 6.45) is -0.147. The van der Waals surface area contributed by atoms with E-state index in [4.69, 9.17) is 16.3 Å². The molecule has 8 heteroatoms. The second-order valence-electron chi connectivity index (χ2n) is 6.36. The predicted octanol–water partition coefficient (Wildman–Crippen LogP) is 3.90. The number of aromatic nitrogens is 3. The Morgan fingerprint density at radius 3 is 2.81 bits per heavy atom. The molecule has 3 aromatic rings. The van der Waals surface area contributed by atoms with Crippen LogP contribution in [0.4, 0.5) is 10.1 Å². The number of rotatable bonds is 3. The molecule has 2 heterocycles. The first-order chi connectivity index (χ1) is 13.0. The third-order valence-electron chi connectivity index (χ3n) is 4.44. The SMILES string of the molecule is Cc1ccc([C@H]2Cn3nnc(C(=O)Nc4ccc(F)c(Cl)c4)c3CO2)cc1. The van der Waals surface area contributed by atoms with Crippen molar-refractivity contribution in [2.24, 2.45) is 0 Å². The molecule has 1 atom stereocenters. The second kappa shape index (κ2) is 7.09. The van der Waals surface area contributed by atoms with Crippen LogP contribution in [-0.2, 0) is 17.9 Å². The smallest absolute Gasteiger partial charge is 0.278 e. The number of carbonyl (C=O) groups is 1. The van der Waals surface area contributed by atoms with E-state index in [1.807, 2.05) is 31.2 Å². The molecule has 0 bridgehead atoms. The van der Waals surface area contributed by atoms with Crippen molar-refractivity contribution in [1.29, 1.82) is 0 Å². The molecule has 0 saturated heterocycles. The van der Waals surface area contributed by atoms with Crippen molar-refractivity contribution in [3.05, 3.63) is 75.8 Å². The van der Waals surface area contributed by atoms with Crippen molar-refractivity contribution in [1.82, 2.24) is 15.0 Å². The monoisotopic (exact) mass is 386 g/mol. The summed E-state index contributed by atoms with van der Waals surface area (Å²) in [5.74, 6) is -0.998. The summed E-state index contributed by atoms with van der Waals surface area (Å²) in [4.78, 5) is 12.5. The predicted molar refractivity (Wildman–Crippen MR) is 98.1 cm³/mol. The van der Waals surface area contributed by atoms with E-state index < -0.39 is 11.7 Å². The Morgan fingerprint density at radius 2 is 2.07 bits per heavy atom. The quantitative estimate of drug-likeness (QED) is 0.741. The van der Waals surface area contributed by atoms with E-state index in [9.17, 15) is 9.18 Å². The molecule has 2 aromatic carbocycles. The highest BCUT2D eigenvalue weighted by atomic mass is 35.5. The summed E-state index contributed by atoms with van der Waals surface area (Å²) in [7, 11) is 0. The van der Waals surface area contributed by atoms with Crippen LogP contribution in [0.25, 0.3) is 0 Å². The first-order valence-electron chi connectivity index (χ1n) is 8.38. The van der Waals surface area contributed by atoms with Crippen LogP contribution < -0.4 is 5.32 Å². The lowest BCUT2D eigenvalue weighted by molar-refractivity contribution is -0.00171. The van der Waals surface area contributed by atoms with Gasteiger partial charge in [0.15, 0.2) is 5.69 Å². The molecule has 0 radical (unpaired) electrons. The van der Waals surface area contributed by atoms with Crippen molar-refractivity contribution in [2.45, 2.75) is 26.2 Å². The van der Waals surface area contributed by atoms with E-state index in [0.29, 0.717) is 17.9 Å². The molecular formula is C19H16ClFN4O2. The fourth-order valence-electron chi connectivity index (χ4n) is 2.93. The zero-order valence-corrected chi connectivity index (χ0v) is 15.2. The third kappa shape index (κ3) is 3.56. The number of benzene rings is 2. The van der Waals surface area contributed by atoms with Gasteiger partial charge in [0, 0.05) is 5.69 Å². The van der Waals surface area contributed by atoms with Crippen molar-refractivity contribution >= 4 is 23.2 Å². The number of hydrogen-bond donors (Lipinski definition) is 1. The van der Waals surface area contributed by atoms with Gasteiger partial charge < -0.3 is 10.1 Å². The number of hydrogen-bond acceptors (Lipinski definition) is 4. The van der Waals surface area contributed by atoms with E-state index >= 15 is 0 Å². The number of amides is 1. The molecule has 1 aliphatic rings. The first kappa shape index (κ1) is 17.6. The van der Waals surface area contributed by atoms with Crippen LogP contribution in [0.15, 0.2) is 42.5 Å². The number of nitrogens with zero attached hydrogens (tertiary/aromatic N) is 3. The maximum Gasteiger partial charge on any atom is 0.278 e. The molecule has 0 aliphatic carbocycles. The van der Waals surface area contributed by atoms with E-state index in [1.165, 1.54) is 23.8 Å². The fraction of sp³-hybridized carbons (Fsp3) is 0.211. The number of carbonyl (C=O) groups excluding carboxylic acids is 1. The summed E-state index contributed by atoms with van der Waals surface area (Å²) in [6, 6.07) is 12.1. The summed E-state index contributed by atoms with van der Waals surface area (Å²) >= 11 is 5.74. The van der Waals surface area contributed by atoms with Crippen LogP contribution in [0, 0.1) is 12.7 Å². The zero-order valence-electron chi connectivity index (χ0n) is 14.4. The van der Waals surface area contributed by atoms with Gasteiger partial charge in [-0.15, -0.1) is 5.10 Å². The van der Waals surface area contributed by atoms with E-state index in [2.05, 4.69) is 15.6 Å². The van der Waals surface area contributed by atoms with Crippen LogP contribution in [0.2, 0.25) is 5.02 Å². The van der Waals surface area contributed by atoms with Gasteiger partial charge in [-0.2, -0.15) is 0 Å². The molecule has 1 amide bonds. The third-order valence-corrected chi connectivity index (χ3v) is 4.73. The summed E-state index contributed by atoms with van der Waals surface area (Å²) in [6.45, 7) is 2.72. The molecule has 1 aliphatic heterocycles. The van der Waals surface area contributed by atoms with Gasteiger partial charge in [0.2, 0.25) is 0 Å². The molecule has 138 valence electrons. The molecule has 1 N–H and O–H groups in total. The van der Waals surface area contributed by atoms with Crippen LogP contribution in [0.5, 0.6) is 0 Å². The number of anilines is 1. The normalized spacial score (nSPS) is 16.0. The number of ether oxygens (including phenoxy) is 1. The van der Waals surface area contributed by atoms with Gasteiger partial charge in [-0.05, 0) is 30.7 Å². The van der Waals surface area contributed by atoms with Crippen molar-refractivity contribution < 1.29 is 13.9 Å². The minimum Gasteiger partial charge on any atom is -0.365 e. The maximum absolute atomic E-state index is 13.2. The lowest BCUT2D eigenvalue weighted by atomic mass is 10.1. The van der Waals surface area contributed by atoms with Gasteiger partial charge in [-0.3, -0.25) is 4.79 Å². The number of nitrogens with one attached hydrogen (secondary N) is 1. The average Bonchev–Trinajstić information content (AvgIpc) is 3.08. The van der Waals surface area contributed by atoms with Crippen molar-refractivity contribution in [2.75, 3.05) is 5.32 Å². The second-order valence-corrected chi connectivity index (χ2v) is 6.77. The molecular weight excluding hydrogens is 371 g/mol. The highest BCUT2D eigenvalue weighted by Gasteiger charge is 2.27. The molecule has 4 rings (SSSR count). The lowest BCUT2D eigenvalue weighted by Gasteiger charge is -2.24. The largest absolute Gasteiger partial charge is 0.365 e. The van der Waals surface area contributed by atoms with Gasteiger partial charge in [-0.25, -0.2) is 9.07 Å². The Morgan fingerprint density at radius 1 is 1.30 bits per heavy atom. The molecule has 0 unspecified atom stereocenters. The van der Waals surface area contributed by atoms with Gasteiger partial charge in [0.25, 0.3) is 5.91 Å². The topological polar surface area (TPSA) is 69.0 Å².